The predicted molar refractivity (Wildman–Crippen MR) is 83.8 cm³/mol. The van der Waals surface area contributed by atoms with E-state index in [1.807, 2.05) is 30.5 Å². The van der Waals surface area contributed by atoms with E-state index in [-0.39, 0.29) is 0 Å². The van der Waals surface area contributed by atoms with Crippen molar-refractivity contribution >= 4 is 0 Å². The first-order valence-electron chi connectivity index (χ1n) is 7.21. The summed E-state index contributed by atoms with van der Waals surface area (Å²) in [6.07, 6.45) is 3.69. The number of nitrogens with one attached hydrogen (secondary N) is 1. The quantitative estimate of drug-likeness (QED) is 0.821. The molecule has 1 heterocycles. The molecule has 1 unspecified atom stereocenters. The fourth-order valence-corrected chi connectivity index (χ4v) is 2.36. The van der Waals surface area contributed by atoms with Crippen LogP contribution in [0.15, 0.2) is 42.6 Å². The minimum absolute atomic E-state index is 0.304. The highest BCUT2D eigenvalue weighted by atomic mass is 16.5. The highest BCUT2D eigenvalue weighted by Gasteiger charge is 2.10. The predicted octanol–water partition coefficient (Wildman–Crippen LogP) is 2.56. The summed E-state index contributed by atoms with van der Waals surface area (Å²) in [6.45, 7) is 3.03. The van der Waals surface area contributed by atoms with E-state index in [4.69, 9.17) is 4.74 Å². The SMILES string of the molecule is CCNC(Cc1ccc(O)cc1)Cc1ccc(OC)nc1. The lowest BCUT2D eigenvalue weighted by molar-refractivity contribution is 0.397. The summed E-state index contributed by atoms with van der Waals surface area (Å²) in [5.41, 5.74) is 2.39. The molecule has 2 rings (SSSR count). The van der Waals surface area contributed by atoms with E-state index in [0.717, 1.165) is 19.4 Å². The fourth-order valence-electron chi connectivity index (χ4n) is 2.36. The molecule has 0 radical (unpaired) electrons. The summed E-state index contributed by atoms with van der Waals surface area (Å²) >= 11 is 0. The summed E-state index contributed by atoms with van der Waals surface area (Å²) in [5.74, 6) is 0.940. The number of aromatic nitrogens is 1. The number of ether oxygens (including phenoxy) is 1. The van der Waals surface area contributed by atoms with Crippen LogP contribution in [0.5, 0.6) is 11.6 Å². The molecule has 4 nitrogen and oxygen atoms in total. The lowest BCUT2D eigenvalue weighted by atomic mass is 10.00. The van der Waals surface area contributed by atoms with Crippen LogP contribution in [0.4, 0.5) is 0 Å². The van der Waals surface area contributed by atoms with E-state index in [1.54, 1.807) is 19.2 Å². The zero-order chi connectivity index (χ0) is 15.1. The Kier molecular flexibility index (Phi) is 5.58. The van der Waals surface area contributed by atoms with Crippen molar-refractivity contribution in [2.45, 2.75) is 25.8 Å². The van der Waals surface area contributed by atoms with Gasteiger partial charge in [-0.25, -0.2) is 4.98 Å². The van der Waals surface area contributed by atoms with Gasteiger partial charge < -0.3 is 15.2 Å². The molecule has 0 saturated carbocycles. The molecule has 2 N–H and O–H groups in total. The molecule has 0 aliphatic rings. The van der Waals surface area contributed by atoms with Crippen molar-refractivity contribution in [2.75, 3.05) is 13.7 Å². The number of hydrogen-bond acceptors (Lipinski definition) is 4. The van der Waals surface area contributed by atoms with Crippen LogP contribution in [0, 0.1) is 0 Å². The van der Waals surface area contributed by atoms with E-state index in [9.17, 15) is 5.11 Å². The molecule has 0 bridgehead atoms. The number of methoxy groups -OCH3 is 1. The third-order valence-electron chi connectivity index (χ3n) is 3.40. The van der Waals surface area contributed by atoms with Gasteiger partial charge in [0.2, 0.25) is 5.88 Å². The van der Waals surface area contributed by atoms with Crippen molar-refractivity contribution < 1.29 is 9.84 Å². The summed E-state index contributed by atoms with van der Waals surface area (Å²) in [5, 5.41) is 12.8. The second-order valence-corrected chi connectivity index (χ2v) is 5.04. The Morgan fingerprint density at radius 3 is 2.33 bits per heavy atom. The van der Waals surface area contributed by atoms with Crippen molar-refractivity contribution in [1.29, 1.82) is 0 Å². The third-order valence-corrected chi connectivity index (χ3v) is 3.40. The molecular weight excluding hydrogens is 264 g/mol. The van der Waals surface area contributed by atoms with Crippen molar-refractivity contribution in [3.05, 3.63) is 53.7 Å². The van der Waals surface area contributed by atoms with Crippen LogP contribution in [-0.4, -0.2) is 29.8 Å². The first-order valence-corrected chi connectivity index (χ1v) is 7.21. The monoisotopic (exact) mass is 286 g/mol. The molecule has 0 saturated heterocycles. The maximum absolute atomic E-state index is 9.34. The lowest BCUT2D eigenvalue weighted by Crippen LogP contribution is -2.33. The summed E-state index contributed by atoms with van der Waals surface area (Å²) in [7, 11) is 1.62. The van der Waals surface area contributed by atoms with Crippen LogP contribution < -0.4 is 10.1 Å². The topological polar surface area (TPSA) is 54.4 Å². The third kappa shape index (κ3) is 4.76. The zero-order valence-electron chi connectivity index (χ0n) is 12.5. The van der Waals surface area contributed by atoms with Crippen molar-refractivity contribution in [3.8, 4) is 11.6 Å². The Morgan fingerprint density at radius 2 is 1.76 bits per heavy atom. The van der Waals surface area contributed by atoms with Crippen LogP contribution >= 0.6 is 0 Å². The molecule has 0 spiro atoms. The van der Waals surface area contributed by atoms with Crippen LogP contribution in [0.2, 0.25) is 0 Å². The normalized spacial score (nSPS) is 12.1. The molecule has 0 amide bonds. The number of pyridine rings is 1. The Balaban J connectivity index is 2.02. The Hall–Kier alpha value is -2.07. The Labute approximate surface area is 125 Å². The zero-order valence-corrected chi connectivity index (χ0v) is 12.5. The number of aromatic hydroxyl groups is 1. The first-order chi connectivity index (χ1) is 10.2. The Bertz CT molecular complexity index is 538. The van der Waals surface area contributed by atoms with Gasteiger partial charge in [0.15, 0.2) is 0 Å². The van der Waals surface area contributed by atoms with Crippen LogP contribution in [0.1, 0.15) is 18.1 Å². The van der Waals surface area contributed by atoms with E-state index >= 15 is 0 Å². The van der Waals surface area contributed by atoms with Gasteiger partial charge in [-0.3, -0.25) is 0 Å². The second-order valence-electron chi connectivity index (χ2n) is 5.04. The summed E-state index contributed by atoms with van der Waals surface area (Å²) < 4.78 is 5.08. The maximum atomic E-state index is 9.34. The molecule has 0 aliphatic carbocycles. The van der Waals surface area contributed by atoms with E-state index in [1.165, 1.54) is 11.1 Å². The molecule has 21 heavy (non-hydrogen) atoms. The van der Waals surface area contributed by atoms with E-state index < -0.39 is 0 Å². The number of phenols is 1. The van der Waals surface area contributed by atoms with E-state index in [2.05, 4.69) is 17.2 Å². The number of rotatable bonds is 7. The van der Waals surface area contributed by atoms with Crippen molar-refractivity contribution in [3.63, 3.8) is 0 Å². The molecule has 1 atom stereocenters. The van der Waals surface area contributed by atoms with Crippen molar-refractivity contribution in [1.82, 2.24) is 10.3 Å². The van der Waals surface area contributed by atoms with Crippen LogP contribution in [0.3, 0.4) is 0 Å². The highest BCUT2D eigenvalue weighted by Crippen LogP contribution is 2.14. The number of phenolic OH excluding ortho intramolecular Hbond substituents is 1. The van der Waals surface area contributed by atoms with Gasteiger partial charge in [-0.15, -0.1) is 0 Å². The minimum atomic E-state index is 0.304. The van der Waals surface area contributed by atoms with Gasteiger partial charge in [-0.2, -0.15) is 0 Å². The summed E-state index contributed by atoms with van der Waals surface area (Å²) in [6, 6.07) is 11.7. The van der Waals surface area contributed by atoms with Gasteiger partial charge in [-0.05, 0) is 42.6 Å². The standard InChI is InChI=1S/C17H22N2O2/c1-3-18-15(10-13-4-7-16(20)8-5-13)11-14-6-9-17(21-2)19-12-14/h4-9,12,15,18,20H,3,10-11H2,1-2H3. The number of benzene rings is 1. The van der Waals surface area contributed by atoms with Gasteiger partial charge in [-0.1, -0.05) is 25.1 Å². The molecule has 112 valence electrons. The fraction of sp³-hybridized carbons (Fsp3) is 0.353. The van der Waals surface area contributed by atoms with Gasteiger partial charge in [0.05, 0.1) is 7.11 Å². The van der Waals surface area contributed by atoms with E-state index in [0.29, 0.717) is 17.7 Å². The van der Waals surface area contributed by atoms with Crippen LogP contribution in [0.25, 0.3) is 0 Å². The average molecular weight is 286 g/mol. The number of likely N-dealkylation sites (N-methyl/N-ethyl adjacent to an activating group) is 1. The molecule has 1 aromatic carbocycles. The average Bonchev–Trinajstić information content (AvgIpc) is 2.50. The molecule has 1 aromatic heterocycles. The van der Waals surface area contributed by atoms with Crippen LogP contribution in [-0.2, 0) is 12.8 Å². The number of nitrogens with zero attached hydrogens (tertiary/aromatic N) is 1. The van der Waals surface area contributed by atoms with Gasteiger partial charge in [0.1, 0.15) is 5.75 Å². The molecule has 4 heteroatoms. The lowest BCUT2D eigenvalue weighted by Gasteiger charge is -2.18. The molecule has 2 aromatic rings. The van der Waals surface area contributed by atoms with Gasteiger partial charge in [0, 0.05) is 18.3 Å². The summed E-state index contributed by atoms with van der Waals surface area (Å²) in [4.78, 5) is 4.25. The van der Waals surface area contributed by atoms with Crippen molar-refractivity contribution in [2.24, 2.45) is 0 Å². The van der Waals surface area contributed by atoms with Gasteiger partial charge in [0.25, 0.3) is 0 Å². The second kappa shape index (κ2) is 7.64. The Morgan fingerprint density at radius 1 is 1.10 bits per heavy atom. The maximum Gasteiger partial charge on any atom is 0.212 e. The largest absolute Gasteiger partial charge is 0.508 e. The molecule has 0 aliphatic heterocycles. The number of hydrogen-bond donors (Lipinski definition) is 2. The minimum Gasteiger partial charge on any atom is -0.508 e. The molecular formula is C17H22N2O2. The smallest absolute Gasteiger partial charge is 0.212 e. The first kappa shape index (κ1) is 15.3. The molecule has 0 fully saturated rings. The van der Waals surface area contributed by atoms with Gasteiger partial charge >= 0.3 is 0 Å². The highest BCUT2D eigenvalue weighted by molar-refractivity contribution is 5.27.